The first-order valence-electron chi connectivity index (χ1n) is 5.27. The summed E-state index contributed by atoms with van der Waals surface area (Å²) in [7, 11) is -4.20. The highest BCUT2D eigenvalue weighted by molar-refractivity contribution is 7.94. The number of aromatic nitrogens is 1. The van der Waals surface area contributed by atoms with E-state index in [0.29, 0.717) is 16.9 Å². The molecule has 2 rings (SSSR count). The Kier molecular flexibility index (Phi) is 3.73. The third kappa shape index (κ3) is 2.78. The highest BCUT2D eigenvalue weighted by atomic mass is 32.2. The normalized spacial score (nSPS) is 11.3. The topological polar surface area (TPSA) is 96.4 Å². The summed E-state index contributed by atoms with van der Waals surface area (Å²) >= 11 is 0.648. The second kappa shape index (κ2) is 5.17. The lowest BCUT2D eigenvalue weighted by molar-refractivity contribution is 0.0687. The molecular formula is C11H9FN2O4S2. The molecule has 0 amide bonds. The van der Waals surface area contributed by atoms with Crippen molar-refractivity contribution < 1.29 is 22.7 Å². The van der Waals surface area contributed by atoms with Crippen molar-refractivity contribution in [2.45, 2.75) is 11.1 Å². The average molecular weight is 316 g/mol. The van der Waals surface area contributed by atoms with Crippen LogP contribution in [0, 0.1) is 12.7 Å². The third-order valence-electron chi connectivity index (χ3n) is 2.35. The van der Waals surface area contributed by atoms with Gasteiger partial charge in [0.1, 0.15) is 5.82 Å². The summed E-state index contributed by atoms with van der Waals surface area (Å²) in [5.41, 5.74) is 0.897. The molecule has 106 valence electrons. The molecule has 1 heterocycles. The Balaban J connectivity index is 2.41. The molecule has 0 fully saturated rings. The van der Waals surface area contributed by atoms with Gasteiger partial charge in [0.15, 0.2) is 9.90 Å². The van der Waals surface area contributed by atoms with Crippen LogP contribution in [0.2, 0.25) is 0 Å². The first-order chi connectivity index (χ1) is 9.31. The van der Waals surface area contributed by atoms with E-state index in [1.165, 1.54) is 18.2 Å². The van der Waals surface area contributed by atoms with Gasteiger partial charge in [-0.1, -0.05) is 6.07 Å². The van der Waals surface area contributed by atoms with Gasteiger partial charge in [0.2, 0.25) is 0 Å². The van der Waals surface area contributed by atoms with E-state index in [9.17, 15) is 17.6 Å². The van der Waals surface area contributed by atoms with E-state index in [1.807, 2.05) is 4.72 Å². The molecule has 2 N–H and O–H groups in total. The van der Waals surface area contributed by atoms with E-state index in [0.717, 1.165) is 5.51 Å². The number of hydrogen-bond donors (Lipinski definition) is 2. The fourth-order valence-corrected chi connectivity index (χ4v) is 3.67. The number of benzene rings is 1. The third-order valence-corrected chi connectivity index (χ3v) is 5.09. The van der Waals surface area contributed by atoms with Gasteiger partial charge in [0.05, 0.1) is 11.2 Å². The Morgan fingerprint density at radius 1 is 1.45 bits per heavy atom. The molecule has 0 atom stereocenters. The van der Waals surface area contributed by atoms with E-state index in [4.69, 9.17) is 5.11 Å². The van der Waals surface area contributed by atoms with Crippen molar-refractivity contribution in [3.05, 3.63) is 40.8 Å². The van der Waals surface area contributed by atoms with E-state index in [2.05, 4.69) is 4.98 Å². The summed E-state index contributed by atoms with van der Waals surface area (Å²) in [6.07, 6.45) is 0. The summed E-state index contributed by atoms with van der Waals surface area (Å²) in [5, 5.41) is 8.85. The number of anilines is 1. The number of hydrogen-bond acceptors (Lipinski definition) is 5. The minimum Gasteiger partial charge on any atom is -0.476 e. The second-order valence-corrected chi connectivity index (χ2v) is 6.61. The standard InChI is InChI=1S/C11H9FN2O4S2/c1-6-2-3-8(7(12)4-6)14-20(17,18)11-9(10(15)16)13-5-19-11/h2-5,14H,1H3,(H,15,16). The van der Waals surface area contributed by atoms with E-state index < -0.39 is 31.7 Å². The number of nitrogens with zero attached hydrogens (tertiary/aromatic N) is 1. The first kappa shape index (κ1) is 14.4. The summed E-state index contributed by atoms with van der Waals surface area (Å²) in [5.74, 6) is -2.20. The maximum Gasteiger partial charge on any atom is 0.356 e. The molecular weight excluding hydrogens is 307 g/mol. The number of rotatable bonds is 4. The Morgan fingerprint density at radius 3 is 2.75 bits per heavy atom. The van der Waals surface area contributed by atoms with Gasteiger partial charge >= 0.3 is 5.97 Å². The van der Waals surface area contributed by atoms with Gasteiger partial charge in [-0.3, -0.25) is 4.72 Å². The zero-order chi connectivity index (χ0) is 14.9. The molecule has 6 nitrogen and oxygen atoms in total. The lowest BCUT2D eigenvalue weighted by atomic mass is 10.2. The molecule has 0 aliphatic carbocycles. The number of carbonyl (C=O) groups is 1. The van der Waals surface area contributed by atoms with Crippen LogP contribution in [0.15, 0.2) is 27.9 Å². The number of halogens is 1. The van der Waals surface area contributed by atoms with Gasteiger partial charge < -0.3 is 5.11 Å². The van der Waals surface area contributed by atoms with Crippen molar-refractivity contribution in [3.63, 3.8) is 0 Å². The lowest BCUT2D eigenvalue weighted by Crippen LogP contribution is -2.16. The maximum atomic E-state index is 13.6. The quantitative estimate of drug-likeness (QED) is 0.900. The molecule has 1 aromatic heterocycles. The number of thiazole rings is 1. The zero-order valence-electron chi connectivity index (χ0n) is 10.1. The number of nitrogens with one attached hydrogen (secondary N) is 1. The zero-order valence-corrected chi connectivity index (χ0v) is 11.8. The van der Waals surface area contributed by atoms with E-state index >= 15 is 0 Å². The highest BCUT2D eigenvalue weighted by Crippen LogP contribution is 2.24. The number of carboxylic acid groups (broad SMARTS) is 1. The summed E-state index contributed by atoms with van der Waals surface area (Å²) in [6.45, 7) is 1.66. The predicted octanol–water partition coefficient (Wildman–Crippen LogP) is 2.09. The van der Waals surface area contributed by atoms with Gasteiger partial charge in [-0.2, -0.15) is 0 Å². The van der Waals surface area contributed by atoms with Crippen LogP contribution in [0.1, 0.15) is 16.1 Å². The fraction of sp³-hybridized carbons (Fsp3) is 0.0909. The van der Waals surface area contributed by atoms with Crippen LogP contribution in [0.3, 0.4) is 0 Å². The SMILES string of the molecule is Cc1ccc(NS(=O)(=O)c2scnc2C(=O)O)c(F)c1. The molecule has 0 bridgehead atoms. The Hall–Kier alpha value is -2.00. The molecule has 0 unspecified atom stereocenters. The minimum atomic E-state index is -4.20. The van der Waals surface area contributed by atoms with Gasteiger partial charge in [-0.15, -0.1) is 11.3 Å². The molecule has 9 heteroatoms. The Morgan fingerprint density at radius 2 is 2.15 bits per heavy atom. The molecule has 0 spiro atoms. The molecule has 2 aromatic rings. The van der Waals surface area contributed by atoms with Crippen molar-refractivity contribution >= 4 is 33.0 Å². The van der Waals surface area contributed by atoms with Gasteiger partial charge in [0.25, 0.3) is 10.0 Å². The molecule has 1 aromatic carbocycles. The number of aryl methyl sites for hydroxylation is 1. The van der Waals surface area contributed by atoms with E-state index in [-0.39, 0.29) is 5.69 Å². The van der Waals surface area contributed by atoms with Crippen molar-refractivity contribution in [1.29, 1.82) is 0 Å². The molecule has 0 aliphatic heterocycles. The number of sulfonamides is 1. The number of aromatic carboxylic acids is 1. The van der Waals surface area contributed by atoms with Crippen LogP contribution in [0.25, 0.3) is 0 Å². The average Bonchev–Trinajstić information content (AvgIpc) is 2.82. The first-order valence-corrected chi connectivity index (χ1v) is 7.63. The van der Waals surface area contributed by atoms with Crippen LogP contribution >= 0.6 is 11.3 Å². The molecule has 0 saturated heterocycles. The molecule has 0 saturated carbocycles. The van der Waals surface area contributed by atoms with Crippen molar-refractivity contribution in [3.8, 4) is 0 Å². The van der Waals surface area contributed by atoms with Gasteiger partial charge in [0, 0.05) is 0 Å². The summed E-state index contributed by atoms with van der Waals surface area (Å²) in [6, 6.07) is 3.97. The van der Waals surface area contributed by atoms with Crippen molar-refractivity contribution in [2.24, 2.45) is 0 Å². The second-order valence-electron chi connectivity index (χ2n) is 3.88. The van der Waals surface area contributed by atoms with E-state index in [1.54, 1.807) is 6.92 Å². The van der Waals surface area contributed by atoms with Crippen LogP contribution in [0.5, 0.6) is 0 Å². The van der Waals surface area contributed by atoms with Crippen LogP contribution < -0.4 is 4.72 Å². The molecule has 0 radical (unpaired) electrons. The largest absolute Gasteiger partial charge is 0.476 e. The monoisotopic (exact) mass is 316 g/mol. The van der Waals surface area contributed by atoms with Crippen LogP contribution in [-0.2, 0) is 10.0 Å². The fourth-order valence-electron chi connectivity index (χ4n) is 1.46. The van der Waals surface area contributed by atoms with Crippen LogP contribution in [0.4, 0.5) is 10.1 Å². The lowest BCUT2D eigenvalue weighted by Gasteiger charge is -2.08. The van der Waals surface area contributed by atoms with Crippen LogP contribution in [-0.4, -0.2) is 24.5 Å². The minimum absolute atomic E-state index is 0.250. The van der Waals surface area contributed by atoms with Crippen molar-refractivity contribution in [1.82, 2.24) is 4.98 Å². The highest BCUT2D eigenvalue weighted by Gasteiger charge is 2.26. The Labute approximate surface area is 118 Å². The van der Waals surface area contributed by atoms with Crippen molar-refractivity contribution in [2.75, 3.05) is 4.72 Å². The maximum absolute atomic E-state index is 13.6. The molecule has 20 heavy (non-hydrogen) atoms. The molecule has 0 aliphatic rings. The smallest absolute Gasteiger partial charge is 0.356 e. The van der Waals surface area contributed by atoms with Gasteiger partial charge in [-0.05, 0) is 24.6 Å². The number of carboxylic acids is 1. The summed E-state index contributed by atoms with van der Waals surface area (Å²) in [4.78, 5) is 14.3. The summed E-state index contributed by atoms with van der Waals surface area (Å²) < 4.78 is 39.3. The van der Waals surface area contributed by atoms with Gasteiger partial charge in [-0.25, -0.2) is 22.6 Å². The Bertz CT molecular complexity index is 770. The predicted molar refractivity (Wildman–Crippen MR) is 71.0 cm³/mol.